The smallest absolute Gasteiger partial charge is 0.317 e. The summed E-state index contributed by atoms with van der Waals surface area (Å²) in [6.45, 7) is 15.7. The standard InChI is InChI=1S/C17H34O5Si4/c1-17(2,3)15-9-11-16(12-10-15)18-13-8-14-26(7)21-24(5)19-23(4)20-25(6)22-26/h9-12,23-25H,8,13-14H2,1-7H3. The van der Waals surface area contributed by atoms with Gasteiger partial charge in [0.05, 0.1) is 6.61 Å². The molecule has 0 aliphatic carbocycles. The lowest BCUT2D eigenvalue weighted by Gasteiger charge is -2.37. The summed E-state index contributed by atoms with van der Waals surface area (Å²) in [5, 5.41) is 0. The Labute approximate surface area is 164 Å². The summed E-state index contributed by atoms with van der Waals surface area (Å²) < 4.78 is 30.4. The van der Waals surface area contributed by atoms with Crippen molar-refractivity contribution >= 4 is 36.4 Å². The molecule has 0 radical (unpaired) electrons. The molecule has 0 N–H and O–H groups in total. The Morgan fingerprint density at radius 3 is 1.96 bits per heavy atom. The molecule has 2 unspecified atom stereocenters. The summed E-state index contributed by atoms with van der Waals surface area (Å²) in [6.07, 6.45) is 0.916. The van der Waals surface area contributed by atoms with E-state index in [1.807, 2.05) is 0 Å². The Bertz CT molecular complexity index is 549. The fraction of sp³-hybridized carbons (Fsp3) is 0.647. The first-order valence-corrected chi connectivity index (χ1v) is 18.3. The summed E-state index contributed by atoms with van der Waals surface area (Å²) in [5.41, 5.74) is 1.48. The van der Waals surface area contributed by atoms with Crippen LogP contribution < -0.4 is 4.74 Å². The van der Waals surface area contributed by atoms with Crippen LogP contribution in [0.25, 0.3) is 0 Å². The van der Waals surface area contributed by atoms with Crippen molar-refractivity contribution in [2.75, 3.05) is 6.61 Å². The molecule has 1 aromatic carbocycles. The van der Waals surface area contributed by atoms with Crippen LogP contribution in [0, 0.1) is 0 Å². The second-order valence-corrected chi connectivity index (χ2v) is 18.3. The third-order valence-electron chi connectivity index (χ3n) is 4.36. The molecule has 9 heteroatoms. The van der Waals surface area contributed by atoms with E-state index >= 15 is 0 Å². The van der Waals surface area contributed by atoms with Crippen LogP contribution in [-0.4, -0.2) is 43.0 Å². The van der Waals surface area contributed by atoms with Gasteiger partial charge >= 0.3 is 8.56 Å². The Morgan fingerprint density at radius 2 is 1.46 bits per heavy atom. The molecule has 0 saturated carbocycles. The van der Waals surface area contributed by atoms with E-state index < -0.39 is 36.4 Å². The molecule has 1 aromatic rings. The Morgan fingerprint density at radius 1 is 0.923 bits per heavy atom. The summed E-state index contributed by atoms with van der Waals surface area (Å²) in [4.78, 5) is 0. The largest absolute Gasteiger partial charge is 0.494 e. The molecule has 2 atom stereocenters. The van der Waals surface area contributed by atoms with Crippen LogP contribution in [0.5, 0.6) is 5.75 Å². The van der Waals surface area contributed by atoms with Crippen molar-refractivity contribution in [2.24, 2.45) is 0 Å². The SMILES string of the molecule is C[SiH]1O[SiH](C)O[Si](C)(CCCOc2ccc(C(C)(C)C)cc2)O[SiH](C)O1. The Hall–Kier alpha value is -0.272. The van der Waals surface area contributed by atoms with Crippen LogP contribution in [0.4, 0.5) is 0 Å². The zero-order chi connectivity index (χ0) is 19.4. The van der Waals surface area contributed by atoms with Crippen LogP contribution >= 0.6 is 0 Å². The minimum absolute atomic E-state index is 0.164. The summed E-state index contributed by atoms with van der Waals surface area (Å²) >= 11 is 0. The van der Waals surface area contributed by atoms with E-state index in [0.29, 0.717) is 6.61 Å². The Kier molecular flexibility index (Phi) is 7.86. The maximum atomic E-state index is 6.29. The van der Waals surface area contributed by atoms with Crippen LogP contribution in [0.3, 0.4) is 0 Å². The van der Waals surface area contributed by atoms with Crippen molar-refractivity contribution in [3.05, 3.63) is 29.8 Å². The quantitative estimate of drug-likeness (QED) is 0.529. The van der Waals surface area contributed by atoms with Crippen LogP contribution in [-0.2, 0) is 21.9 Å². The van der Waals surface area contributed by atoms with Gasteiger partial charge in [-0.3, -0.25) is 0 Å². The van der Waals surface area contributed by atoms with Gasteiger partial charge in [-0.05, 0) is 61.8 Å². The first-order valence-electron chi connectivity index (χ1n) is 9.47. The maximum absolute atomic E-state index is 6.29. The fourth-order valence-electron chi connectivity index (χ4n) is 3.11. The zero-order valence-corrected chi connectivity index (χ0v) is 21.7. The third kappa shape index (κ3) is 7.04. The summed E-state index contributed by atoms with van der Waals surface area (Å²) in [5.74, 6) is 0.918. The number of ether oxygens (including phenoxy) is 1. The molecule has 148 valence electrons. The van der Waals surface area contributed by atoms with Crippen molar-refractivity contribution < 1.29 is 21.2 Å². The van der Waals surface area contributed by atoms with Crippen molar-refractivity contribution in [3.63, 3.8) is 0 Å². The highest BCUT2D eigenvalue weighted by molar-refractivity contribution is 6.81. The predicted molar refractivity (Wildman–Crippen MR) is 115 cm³/mol. The fourth-order valence-corrected chi connectivity index (χ4v) is 17.8. The van der Waals surface area contributed by atoms with Gasteiger partial charge in [0.2, 0.25) is 0 Å². The molecule has 0 bridgehead atoms. The van der Waals surface area contributed by atoms with Gasteiger partial charge in [-0.1, -0.05) is 32.9 Å². The lowest BCUT2D eigenvalue weighted by Crippen LogP contribution is -2.53. The average molecular weight is 431 g/mol. The molecule has 1 fully saturated rings. The molecule has 1 aliphatic rings. The molecule has 1 heterocycles. The zero-order valence-electron chi connectivity index (χ0n) is 17.2. The molecule has 1 saturated heterocycles. The molecular formula is C17H34O5Si4. The van der Waals surface area contributed by atoms with E-state index in [4.69, 9.17) is 21.2 Å². The number of hydrogen-bond acceptors (Lipinski definition) is 5. The van der Waals surface area contributed by atoms with Gasteiger partial charge in [0.25, 0.3) is 27.9 Å². The van der Waals surface area contributed by atoms with E-state index in [-0.39, 0.29) is 5.41 Å². The molecule has 0 aromatic heterocycles. The molecular weight excluding hydrogens is 397 g/mol. The van der Waals surface area contributed by atoms with E-state index in [9.17, 15) is 0 Å². The number of benzene rings is 1. The van der Waals surface area contributed by atoms with Gasteiger partial charge in [-0.2, -0.15) is 0 Å². The van der Waals surface area contributed by atoms with E-state index in [1.54, 1.807) is 0 Å². The lowest BCUT2D eigenvalue weighted by molar-refractivity contribution is 0.266. The average Bonchev–Trinajstić information content (AvgIpc) is 2.49. The number of rotatable bonds is 5. The molecule has 1 aliphatic heterocycles. The molecule has 0 spiro atoms. The van der Waals surface area contributed by atoms with Crippen molar-refractivity contribution in [2.45, 2.75) is 64.8 Å². The van der Waals surface area contributed by atoms with Gasteiger partial charge in [0.15, 0.2) is 0 Å². The monoisotopic (exact) mass is 430 g/mol. The normalized spacial score (nSPS) is 30.5. The van der Waals surface area contributed by atoms with Crippen LogP contribution in [0.2, 0.25) is 32.2 Å². The van der Waals surface area contributed by atoms with Crippen molar-refractivity contribution in [3.8, 4) is 5.75 Å². The van der Waals surface area contributed by atoms with Crippen LogP contribution in [0.1, 0.15) is 32.8 Å². The van der Waals surface area contributed by atoms with Crippen LogP contribution in [0.15, 0.2) is 24.3 Å². The van der Waals surface area contributed by atoms with Gasteiger partial charge in [-0.15, -0.1) is 0 Å². The third-order valence-corrected chi connectivity index (χ3v) is 18.4. The number of hydrogen-bond donors (Lipinski definition) is 0. The maximum Gasteiger partial charge on any atom is 0.317 e. The lowest BCUT2D eigenvalue weighted by atomic mass is 9.87. The van der Waals surface area contributed by atoms with Gasteiger partial charge in [0, 0.05) is 0 Å². The highest BCUT2D eigenvalue weighted by Crippen LogP contribution is 2.25. The Balaban J connectivity index is 1.82. The van der Waals surface area contributed by atoms with E-state index in [0.717, 1.165) is 18.2 Å². The predicted octanol–water partition coefficient (Wildman–Crippen LogP) is 3.46. The van der Waals surface area contributed by atoms with E-state index in [2.05, 4.69) is 71.2 Å². The minimum Gasteiger partial charge on any atom is -0.494 e. The molecule has 0 amide bonds. The first-order chi connectivity index (χ1) is 12.1. The summed E-state index contributed by atoms with van der Waals surface area (Å²) in [6, 6.07) is 9.31. The van der Waals surface area contributed by atoms with E-state index in [1.165, 1.54) is 5.56 Å². The highest BCUT2D eigenvalue weighted by atomic mass is 28.5. The second-order valence-electron chi connectivity index (χ2n) is 8.07. The van der Waals surface area contributed by atoms with Gasteiger partial charge in [0.1, 0.15) is 5.75 Å². The van der Waals surface area contributed by atoms with Crippen molar-refractivity contribution in [1.29, 1.82) is 0 Å². The summed E-state index contributed by atoms with van der Waals surface area (Å²) in [7, 11) is -7.11. The highest BCUT2D eigenvalue weighted by Gasteiger charge is 2.38. The molecule has 26 heavy (non-hydrogen) atoms. The minimum atomic E-state index is -2.23. The first kappa shape index (κ1) is 22.0. The second kappa shape index (κ2) is 9.28. The van der Waals surface area contributed by atoms with Crippen molar-refractivity contribution in [1.82, 2.24) is 0 Å². The molecule has 5 nitrogen and oxygen atoms in total. The molecule has 2 rings (SSSR count). The van der Waals surface area contributed by atoms with Gasteiger partial charge in [-0.25, -0.2) is 0 Å². The van der Waals surface area contributed by atoms with Gasteiger partial charge < -0.3 is 21.2 Å². The topological polar surface area (TPSA) is 46.2 Å².